The van der Waals surface area contributed by atoms with Crippen LogP contribution in [-0.2, 0) is 5.54 Å². The number of aromatic nitrogens is 2. The quantitative estimate of drug-likeness (QED) is 0.413. The lowest BCUT2D eigenvalue weighted by Crippen LogP contribution is -2.66. The summed E-state index contributed by atoms with van der Waals surface area (Å²) in [5.41, 5.74) is 3.27. The van der Waals surface area contributed by atoms with E-state index < -0.39 is 0 Å². The molecule has 5 heterocycles. The van der Waals surface area contributed by atoms with Crippen molar-refractivity contribution in [1.82, 2.24) is 24.7 Å². The number of nitrogens with one attached hydrogen (secondary N) is 1. The first-order valence-corrected chi connectivity index (χ1v) is 15.5. The van der Waals surface area contributed by atoms with Crippen LogP contribution >= 0.6 is 11.6 Å². The highest BCUT2D eigenvalue weighted by Crippen LogP contribution is 2.57. The van der Waals surface area contributed by atoms with Crippen LogP contribution in [-0.4, -0.2) is 96.1 Å². The molecule has 224 valence electrons. The zero-order chi connectivity index (χ0) is 29.5. The smallest absolute Gasteiger partial charge is 0.258 e. The van der Waals surface area contributed by atoms with Gasteiger partial charge in [0.15, 0.2) is 0 Å². The lowest BCUT2D eigenvalue weighted by Gasteiger charge is -2.52. The van der Waals surface area contributed by atoms with Crippen LogP contribution in [0.5, 0.6) is 17.4 Å². The zero-order valence-electron chi connectivity index (χ0n) is 24.7. The maximum Gasteiger partial charge on any atom is 0.258 e. The lowest BCUT2D eigenvalue weighted by molar-refractivity contribution is 0.0332. The van der Waals surface area contributed by atoms with E-state index in [4.69, 9.17) is 21.1 Å². The number of fused-ring (bicyclic) bond motifs is 4. The number of ether oxygens (including phenoxy) is 2. The van der Waals surface area contributed by atoms with Crippen LogP contribution in [0.25, 0.3) is 0 Å². The molecule has 3 saturated heterocycles. The molecule has 5 aliphatic rings. The van der Waals surface area contributed by atoms with Crippen molar-refractivity contribution in [2.75, 3.05) is 57.6 Å². The number of methoxy groups -OCH3 is 1. The molecule has 4 aliphatic heterocycles. The summed E-state index contributed by atoms with van der Waals surface area (Å²) in [6, 6.07) is 13.9. The van der Waals surface area contributed by atoms with Gasteiger partial charge in [-0.25, -0.2) is 4.98 Å². The third-order valence-electron chi connectivity index (χ3n) is 10.1. The normalized spacial score (nSPS) is 24.3. The van der Waals surface area contributed by atoms with Crippen LogP contribution in [0.15, 0.2) is 42.6 Å². The third kappa shape index (κ3) is 4.33. The molecule has 2 atom stereocenters. The van der Waals surface area contributed by atoms with Crippen LogP contribution in [0.4, 0.5) is 17.3 Å². The molecule has 1 spiro atoms. The summed E-state index contributed by atoms with van der Waals surface area (Å²) in [5, 5.41) is 3.52. The van der Waals surface area contributed by atoms with Gasteiger partial charge in [0.05, 0.1) is 30.1 Å². The van der Waals surface area contributed by atoms with Gasteiger partial charge in [0.1, 0.15) is 16.5 Å². The summed E-state index contributed by atoms with van der Waals surface area (Å²) in [6.45, 7) is 4.45. The summed E-state index contributed by atoms with van der Waals surface area (Å²) in [7, 11) is 5.77. The first kappa shape index (κ1) is 27.0. The minimum atomic E-state index is -0.197. The second kappa shape index (κ2) is 9.97. The summed E-state index contributed by atoms with van der Waals surface area (Å²) in [4.78, 5) is 31.6. The largest absolute Gasteiger partial charge is 0.494 e. The highest BCUT2D eigenvalue weighted by atomic mass is 35.5. The fourth-order valence-corrected chi connectivity index (χ4v) is 7.91. The monoisotopic (exact) mass is 601 g/mol. The van der Waals surface area contributed by atoms with Crippen molar-refractivity contribution < 1.29 is 14.3 Å². The Kier molecular flexibility index (Phi) is 6.26. The molecule has 0 radical (unpaired) electrons. The van der Waals surface area contributed by atoms with E-state index in [1.165, 1.54) is 32.1 Å². The van der Waals surface area contributed by atoms with E-state index in [1.807, 2.05) is 30.1 Å². The van der Waals surface area contributed by atoms with Gasteiger partial charge in [-0.15, -0.1) is 0 Å². The fourth-order valence-electron chi connectivity index (χ4n) is 7.78. The molecule has 8 rings (SSSR count). The Morgan fingerprint density at radius 2 is 1.77 bits per heavy atom. The number of piperazine rings is 1. The van der Waals surface area contributed by atoms with E-state index in [0.29, 0.717) is 41.1 Å². The van der Waals surface area contributed by atoms with Gasteiger partial charge in [0.2, 0.25) is 11.8 Å². The Morgan fingerprint density at radius 1 is 1.00 bits per heavy atom. The van der Waals surface area contributed by atoms with E-state index >= 15 is 0 Å². The summed E-state index contributed by atoms with van der Waals surface area (Å²) in [6.07, 6.45) is 6.07. The van der Waals surface area contributed by atoms with Crippen LogP contribution in [0.3, 0.4) is 0 Å². The van der Waals surface area contributed by atoms with E-state index in [0.717, 1.165) is 42.9 Å². The molecule has 10 nitrogen and oxygen atoms in total. The average Bonchev–Trinajstić information content (AvgIpc) is 3.71. The zero-order valence-corrected chi connectivity index (χ0v) is 25.5. The molecule has 3 aromatic rings. The molecule has 43 heavy (non-hydrogen) atoms. The number of likely N-dealkylation sites (tertiary alicyclic amines) is 1. The number of halogens is 1. The summed E-state index contributed by atoms with van der Waals surface area (Å²) >= 11 is 6.46. The molecular weight excluding hydrogens is 566 g/mol. The highest BCUT2D eigenvalue weighted by molar-refractivity contribution is 6.31. The van der Waals surface area contributed by atoms with Gasteiger partial charge in [0.25, 0.3) is 5.91 Å². The predicted octanol–water partition coefficient (Wildman–Crippen LogP) is 4.72. The topological polar surface area (TPSA) is 86.3 Å². The van der Waals surface area contributed by atoms with Crippen LogP contribution in [0.1, 0.15) is 41.6 Å². The standard InChI is InChI=1S/C32H36ClN7O3/c1-37-15-20-7-8-21(16-37)40(20)22-17-39(18-22)19-9-10-25(27(13-19)42-3)35-31-34-14-24(33)29(36-31)43-26-6-4-5-23-28(26)30(41)38(2)32(23)11-12-32/h4-6,9-10,13-14,20-22H,7-8,11-12,15-18H2,1-3H3,(H,34,35,36). The van der Waals surface area contributed by atoms with Crippen molar-refractivity contribution in [3.63, 3.8) is 0 Å². The predicted molar refractivity (Wildman–Crippen MR) is 165 cm³/mol. The van der Waals surface area contributed by atoms with Crippen molar-refractivity contribution in [3.05, 3.63) is 58.7 Å². The number of hydrogen-bond donors (Lipinski definition) is 1. The Balaban J connectivity index is 0.977. The van der Waals surface area contributed by atoms with Gasteiger partial charge in [0, 0.05) is 63.1 Å². The minimum Gasteiger partial charge on any atom is -0.494 e. The van der Waals surface area contributed by atoms with Crippen LogP contribution < -0.4 is 19.7 Å². The number of likely N-dealkylation sites (N-methyl/N-ethyl adjacent to an activating group) is 1. The Bertz CT molecular complexity index is 1590. The second-order valence-corrected chi connectivity index (χ2v) is 13.1. The van der Waals surface area contributed by atoms with Gasteiger partial charge >= 0.3 is 0 Å². The van der Waals surface area contributed by atoms with Gasteiger partial charge < -0.3 is 29.5 Å². The van der Waals surface area contributed by atoms with Gasteiger partial charge in [-0.3, -0.25) is 9.69 Å². The SMILES string of the molecule is COc1cc(N2CC(N3C4CCC3CN(C)C4)C2)ccc1Nc1ncc(Cl)c(Oc2cccc3c2C(=O)N(C)C32CC2)n1. The molecule has 1 N–H and O–H groups in total. The lowest BCUT2D eigenvalue weighted by atomic mass is 10.0. The number of carbonyl (C=O) groups is 1. The number of anilines is 3. The van der Waals surface area contributed by atoms with Crippen LogP contribution in [0.2, 0.25) is 5.02 Å². The van der Waals surface area contributed by atoms with Crippen molar-refractivity contribution >= 4 is 34.8 Å². The number of hydrogen-bond acceptors (Lipinski definition) is 9. The Morgan fingerprint density at radius 3 is 2.49 bits per heavy atom. The molecule has 2 unspecified atom stereocenters. The Labute approximate surface area is 256 Å². The number of rotatable bonds is 7. The van der Waals surface area contributed by atoms with E-state index in [2.05, 4.69) is 49.2 Å². The van der Waals surface area contributed by atoms with Crippen molar-refractivity contribution in [1.29, 1.82) is 0 Å². The molecule has 1 aromatic heterocycles. The van der Waals surface area contributed by atoms with Crippen molar-refractivity contribution in [2.45, 2.75) is 49.3 Å². The molecule has 1 aliphatic carbocycles. The molecule has 2 aromatic carbocycles. The average molecular weight is 602 g/mol. The van der Waals surface area contributed by atoms with Gasteiger partial charge in [-0.05, 0) is 56.5 Å². The highest BCUT2D eigenvalue weighted by Gasteiger charge is 2.57. The van der Waals surface area contributed by atoms with Crippen molar-refractivity contribution in [2.24, 2.45) is 0 Å². The van der Waals surface area contributed by atoms with Gasteiger partial charge in [-0.1, -0.05) is 23.7 Å². The maximum absolute atomic E-state index is 13.1. The first-order chi connectivity index (χ1) is 20.8. The number of amides is 1. The number of nitrogens with zero attached hydrogens (tertiary/aromatic N) is 6. The molecule has 1 saturated carbocycles. The summed E-state index contributed by atoms with van der Waals surface area (Å²) < 4.78 is 11.9. The maximum atomic E-state index is 13.1. The molecular formula is C32H36ClN7O3. The number of carbonyl (C=O) groups excluding carboxylic acids is 1. The fraction of sp³-hybridized carbons (Fsp3) is 0.469. The molecule has 4 fully saturated rings. The minimum absolute atomic E-state index is 0.0409. The molecule has 2 bridgehead atoms. The number of benzene rings is 2. The third-order valence-corrected chi connectivity index (χ3v) is 10.4. The van der Waals surface area contributed by atoms with Gasteiger partial charge in [-0.2, -0.15) is 4.98 Å². The van der Waals surface area contributed by atoms with E-state index in [-0.39, 0.29) is 22.3 Å². The first-order valence-electron chi connectivity index (χ1n) is 15.1. The second-order valence-electron chi connectivity index (χ2n) is 12.6. The van der Waals surface area contributed by atoms with E-state index in [1.54, 1.807) is 13.2 Å². The molecule has 1 amide bonds. The van der Waals surface area contributed by atoms with Crippen molar-refractivity contribution in [3.8, 4) is 17.4 Å². The van der Waals surface area contributed by atoms with E-state index in [9.17, 15) is 4.79 Å². The molecule has 11 heteroatoms. The van der Waals surface area contributed by atoms with Crippen LogP contribution in [0, 0.1) is 0 Å². The summed E-state index contributed by atoms with van der Waals surface area (Å²) in [5.74, 6) is 1.60. The Hall–Kier alpha value is -3.60.